The van der Waals surface area contributed by atoms with Gasteiger partial charge in [-0.3, -0.25) is 0 Å². The average Bonchev–Trinajstić information content (AvgIpc) is 3.02. The second kappa shape index (κ2) is 4.27. The third-order valence-corrected chi connectivity index (χ3v) is 4.08. The van der Waals surface area contributed by atoms with Crippen LogP contribution in [0.15, 0.2) is 41.1 Å². The minimum atomic E-state index is 0.319. The molecule has 84 valence electrons. The van der Waals surface area contributed by atoms with E-state index in [-0.39, 0.29) is 0 Å². The first-order chi connectivity index (χ1) is 8.33. The van der Waals surface area contributed by atoms with Crippen LogP contribution in [0.25, 0.3) is 21.1 Å². The van der Waals surface area contributed by atoms with E-state index in [1.807, 2.05) is 41.1 Å². The second-order valence-corrected chi connectivity index (χ2v) is 5.35. The van der Waals surface area contributed by atoms with Crippen LogP contribution in [-0.4, -0.2) is 9.97 Å². The summed E-state index contributed by atoms with van der Waals surface area (Å²) in [5.41, 5.74) is 7.53. The van der Waals surface area contributed by atoms with Crippen molar-refractivity contribution >= 4 is 28.6 Å². The predicted molar refractivity (Wildman–Crippen MR) is 73.1 cm³/mol. The van der Waals surface area contributed by atoms with Crippen LogP contribution in [0.3, 0.4) is 0 Å². The van der Waals surface area contributed by atoms with Crippen molar-refractivity contribution in [2.24, 2.45) is 0 Å². The molecule has 0 fully saturated rings. The van der Waals surface area contributed by atoms with Crippen LogP contribution < -0.4 is 5.73 Å². The van der Waals surface area contributed by atoms with Gasteiger partial charge >= 0.3 is 0 Å². The summed E-state index contributed by atoms with van der Waals surface area (Å²) in [6, 6.07) is 10.1. The predicted octanol–water partition coefficient (Wildman–Crippen LogP) is 3.52. The van der Waals surface area contributed by atoms with Crippen molar-refractivity contribution in [2.75, 3.05) is 5.73 Å². The molecule has 3 aromatic heterocycles. The zero-order valence-corrected chi connectivity index (χ0v) is 10.5. The second-order valence-electron chi connectivity index (χ2n) is 3.45. The number of hydrogen-bond acceptors (Lipinski definition) is 5. The Balaban J connectivity index is 2.13. The van der Waals surface area contributed by atoms with E-state index in [1.165, 1.54) is 0 Å². The molecule has 0 aliphatic rings. The number of nitrogen functional groups attached to an aromatic ring is 1. The lowest BCUT2D eigenvalue weighted by atomic mass is 10.2. The van der Waals surface area contributed by atoms with Gasteiger partial charge in [0.1, 0.15) is 0 Å². The number of nitrogens with two attached hydrogens (primary N) is 1. The smallest absolute Gasteiger partial charge is 0.221 e. The molecule has 0 atom stereocenters. The van der Waals surface area contributed by atoms with Crippen LogP contribution >= 0.6 is 22.7 Å². The maximum absolute atomic E-state index is 5.76. The Morgan fingerprint density at radius 1 is 0.882 bits per heavy atom. The molecular weight excluding hydrogens is 250 g/mol. The molecule has 2 N–H and O–H groups in total. The van der Waals surface area contributed by atoms with Gasteiger partial charge in [0.25, 0.3) is 0 Å². The van der Waals surface area contributed by atoms with Gasteiger partial charge in [-0.15, -0.1) is 22.7 Å². The van der Waals surface area contributed by atoms with Gasteiger partial charge in [0.15, 0.2) is 0 Å². The first kappa shape index (κ1) is 10.4. The fraction of sp³-hybridized carbons (Fsp3) is 0. The van der Waals surface area contributed by atoms with Gasteiger partial charge in [0.2, 0.25) is 5.95 Å². The van der Waals surface area contributed by atoms with Gasteiger partial charge in [-0.2, -0.15) is 0 Å². The maximum atomic E-state index is 5.76. The van der Waals surface area contributed by atoms with Gasteiger partial charge in [0, 0.05) is 0 Å². The molecule has 0 aliphatic heterocycles. The molecule has 3 rings (SSSR count). The highest BCUT2D eigenvalue weighted by molar-refractivity contribution is 7.13. The van der Waals surface area contributed by atoms with Crippen LogP contribution in [0.1, 0.15) is 0 Å². The van der Waals surface area contributed by atoms with E-state index >= 15 is 0 Å². The van der Waals surface area contributed by atoms with Crippen molar-refractivity contribution in [3.05, 3.63) is 41.1 Å². The van der Waals surface area contributed by atoms with Crippen molar-refractivity contribution < 1.29 is 0 Å². The number of hydrogen-bond donors (Lipinski definition) is 1. The fourth-order valence-corrected chi connectivity index (χ4v) is 2.94. The summed E-state index contributed by atoms with van der Waals surface area (Å²) >= 11 is 3.30. The third kappa shape index (κ3) is 2.07. The van der Waals surface area contributed by atoms with Crippen molar-refractivity contribution in [1.82, 2.24) is 9.97 Å². The van der Waals surface area contributed by atoms with E-state index < -0.39 is 0 Å². The van der Waals surface area contributed by atoms with E-state index in [0.29, 0.717) is 5.95 Å². The molecule has 0 spiro atoms. The molecule has 17 heavy (non-hydrogen) atoms. The molecule has 0 saturated heterocycles. The lowest BCUT2D eigenvalue weighted by Gasteiger charge is -2.02. The molecule has 0 amide bonds. The average molecular weight is 259 g/mol. The van der Waals surface area contributed by atoms with Crippen LogP contribution in [0, 0.1) is 0 Å². The summed E-state index contributed by atoms with van der Waals surface area (Å²) < 4.78 is 0. The van der Waals surface area contributed by atoms with Crippen LogP contribution in [0.5, 0.6) is 0 Å². The molecule has 3 aromatic rings. The molecule has 0 saturated carbocycles. The third-order valence-electron chi connectivity index (χ3n) is 2.29. The molecule has 3 nitrogen and oxygen atoms in total. The molecule has 5 heteroatoms. The Labute approximate surface area is 107 Å². The zero-order valence-electron chi connectivity index (χ0n) is 8.83. The van der Waals surface area contributed by atoms with Gasteiger partial charge in [-0.1, -0.05) is 12.1 Å². The first-order valence-corrected chi connectivity index (χ1v) is 6.81. The summed E-state index contributed by atoms with van der Waals surface area (Å²) in [4.78, 5) is 10.8. The molecule has 0 aromatic carbocycles. The Morgan fingerprint density at radius 2 is 1.41 bits per heavy atom. The monoisotopic (exact) mass is 259 g/mol. The highest BCUT2D eigenvalue weighted by atomic mass is 32.1. The van der Waals surface area contributed by atoms with E-state index in [9.17, 15) is 0 Å². The topological polar surface area (TPSA) is 51.8 Å². The molecular formula is C12H9N3S2. The van der Waals surface area contributed by atoms with Gasteiger partial charge < -0.3 is 5.73 Å². The number of nitrogens with zero attached hydrogens (tertiary/aromatic N) is 2. The zero-order chi connectivity index (χ0) is 11.7. The standard InChI is InChI=1S/C12H9N3S2/c13-12-14-8(10-3-1-5-16-10)7-9(15-12)11-4-2-6-17-11/h1-7H,(H2,13,14,15). The SMILES string of the molecule is Nc1nc(-c2cccs2)cc(-c2cccs2)n1. The number of rotatable bonds is 2. The highest BCUT2D eigenvalue weighted by Gasteiger charge is 2.07. The Kier molecular flexibility index (Phi) is 2.62. The minimum Gasteiger partial charge on any atom is -0.368 e. The highest BCUT2D eigenvalue weighted by Crippen LogP contribution is 2.29. The first-order valence-electron chi connectivity index (χ1n) is 5.05. The number of thiophene rings is 2. The van der Waals surface area contributed by atoms with Crippen LogP contribution in [0.4, 0.5) is 5.95 Å². The molecule has 0 aliphatic carbocycles. The van der Waals surface area contributed by atoms with Crippen molar-refractivity contribution in [1.29, 1.82) is 0 Å². The molecule has 0 bridgehead atoms. The Morgan fingerprint density at radius 3 is 1.82 bits per heavy atom. The van der Waals surface area contributed by atoms with E-state index in [2.05, 4.69) is 9.97 Å². The number of anilines is 1. The Hall–Kier alpha value is -1.72. The van der Waals surface area contributed by atoms with Crippen molar-refractivity contribution in [2.45, 2.75) is 0 Å². The summed E-state index contributed by atoms with van der Waals surface area (Å²) in [5.74, 6) is 0.319. The largest absolute Gasteiger partial charge is 0.368 e. The van der Waals surface area contributed by atoms with Crippen molar-refractivity contribution in [3.8, 4) is 21.1 Å². The quantitative estimate of drug-likeness (QED) is 0.766. The molecule has 0 unspecified atom stereocenters. The van der Waals surface area contributed by atoms with Crippen LogP contribution in [-0.2, 0) is 0 Å². The lowest BCUT2D eigenvalue weighted by molar-refractivity contribution is 1.20. The summed E-state index contributed by atoms with van der Waals surface area (Å²) in [6.45, 7) is 0. The summed E-state index contributed by atoms with van der Waals surface area (Å²) in [5, 5.41) is 4.05. The van der Waals surface area contributed by atoms with Gasteiger partial charge in [-0.25, -0.2) is 9.97 Å². The van der Waals surface area contributed by atoms with Gasteiger partial charge in [-0.05, 0) is 29.0 Å². The summed E-state index contributed by atoms with van der Waals surface area (Å²) in [6.07, 6.45) is 0. The maximum Gasteiger partial charge on any atom is 0.221 e. The van der Waals surface area contributed by atoms with E-state index in [1.54, 1.807) is 22.7 Å². The van der Waals surface area contributed by atoms with Gasteiger partial charge in [0.05, 0.1) is 21.1 Å². The molecule has 0 radical (unpaired) electrons. The number of aromatic nitrogens is 2. The Bertz CT molecular complexity index is 563. The van der Waals surface area contributed by atoms with E-state index in [0.717, 1.165) is 21.1 Å². The fourth-order valence-electron chi connectivity index (χ4n) is 1.57. The van der Waals surface area contributed by atoms with E-state index in [4.69, 9.17) is 5.73 Å². The summed E-state index contributed by atoms with van der Waals surface area (Å²) in [7, 11) is 0. The molecule has 3 heterocycles. The normalized spacial score (nSPS) is 10.6. The lowest BCUT2D eigenvalue weighted by Crippen LogP contribution is -1.97. The minimum absolute atomic E-state index is 0.319. The van der Waals surface area contributed by atoms with Crippen LogP contribution in [0.2, 0.25) is 0 Å². The van der Waals surface area contributed by atoms with Crippen molar-refractivity contribution in [3.63, 3.8) is 0 Å².